The van der Waals surface area contributed by atoms with Crippen LogP contribution in [0.2, 0.25) is 0 Å². The van der Waals surface area contributed by atoms with Crippen LogP contribution in [0.25, 0.3) is 0 Å². The van der Waals surface area contributed by atoms with Crippen molar-refractivity contribution in [2.45, 2.75) is 32.5 Å². The summed E-state index contributed by atoms with van der Waals surface area (Å²) in [6.07, 6.45) is 2.01. The maximum Gasteiger partial charge on any atom is 0.103 e. The van der Waals surface area contributed by atoms with Crippen LogP contribution in [-0.2, 0) is 9.47 Å². The predicted octanol–water partition coefficient (Wildman–Crippen LogP) is 2.02. The Morgan fingerprint density at radius 1 is 1.44 bits per heavy atom. The lowest BCUT2D eigenvalue weighted by atomic mass is 9.99. The Morgan fingerprint density at radius 2 is 2.22 bits per heavy atom. The summed E-state index contributed by atoms with van der Waals surface area (Å²) in [5.74, 6) is 0. The molecule has 4 nitrogen and oxygen atoms in total. The van der Waals surface area contributed by atoms with Gasteiger partial charge in [0.2, 0.25) is 0 Å². The maximum atomic E-state index is 5.82. The molecule has 1 fully saturated rings. The third kappa shape index (κ3) is 2.82. The number of hydrogen-bond acceptors (Lipinski definition) is 4. The molecule has 2 rings (SSSR count). The molecule has 0 spiro atoms. The quantitative estimate of drug-likeness (QED) is 0.822. The van der Waals surface area contributed by atoms with E-state index in [0.29, 0.717) is 0 Å². The molecule has 0 amide bonds. The number of anilines is 1. The summed E-state index contributed by atoms with van der Waals surface area (Å²) in [4.78, 5) is 6.65. The van der Waals surface area contributed by atoms with Gasteiger partial charge in [-0.15, -0.1) is 0 Å². The fraction of sp³-hybridized carbons (Fsp3) is 0.643. The number of nitrogens with zero attached hydrogens (tertiary/aromatic N) is 2. The van der Waals surface area contributed by atoms with Crippen molar-refractivity contribution in [1.82, 2.24) is 4.98 Å². The highest BCUT2D eigenvalue weighted by Crippen LogP contribution is 2.24. The van der Waals surface area contributed by atoms with E-state index in [2.05, 4.69) is 29.8 Å². The molecule has 1 aliphatic heterocycles. The van der Waals surface area contributed by atoms with Crippen LogP contribution in [0, 0.1) is 6.92 Å². The Hall–Kier alpha value is -1.13. The number of aromatic nitrogens is 1. The molecular weight excluding hydrogens is 228 g/mol. The second kappa shape index (κ2) is 5.24. The summed E-state index contributed by atoms with van der Waals surface area (Å²) >= 11 is 0. The first-order valence-corrected chi connectivity index (χ1v) is 6.37. The molecule has 1 atom stereocenters. The van der Waals surface area contributed by atoms with Crippen LogP contribution in [-0.4, -0.2) is 43.5 Å². The van der Waals surface area contributed by atoms with E-state index < -0.39 is 0 Å². The Morgan fingerprint density at radius 3 is 2.83 bits per heavy atom. The molecule has 0 aromatic carbocycles. The first-order chi connectivity index (χ1) is 8.53. The molecule has 1 aromatic heterocycles. The average Bonchev–Trinajstić information content (AvgIpc) is 2.40. The number of aryl methyl sites for hydroxylation is 1. The number of rotatable bonds is 3. The first kappa shape index (κ1) is 13.3. The maximum absolute atomic E-state index is 5.82. The summed E-state index contributed by atoms with van der Waals surface area (Å²) < 4.78 is 11.3. The van der Waals surface area contributed by atoms with Crippen molar-refractivity contribution >= 4 is 5.69 Å². The minimum atomic E-state index is -0.267. The van der Waals surface area contributed by atoms with E-state index >= 15 is 0 Å². The van der Waals surface area contributed by atoms with Crippen molar-refractivity contribution in [2.75, 3.05) is 31.7 Å². The summed E-state index contributed by atoms with van der Waals surface area (Å²) in [6, 6.07) is 4.16. The number of methoxy groups -OCH3 is 1. The Labute approximate surface area is 109 Å². The summed E-state index contributed by atoms with van der Waals surface area (Å²) in [7, 11) is 1.73. The molecule has 2 heterocycles. The zero-order valence-corrected chi connectivity index (χ0v) is 11.6. The van der Waals surface area contributed by atoms with Crippen molar-refractivity contribution in [1.29, 1.82) is 0 Å². The molecule has 0 bridgehead atoms. The lowest BCUT2D eigenvalue weighted by Crippen LogP contribution is -2.52. The summed E-state index contributed by atoms with van der Waals surface area (Å²) in [5, 5.41) is 0. The molecule has 1 unspecified atom stereocenters. The van der Waals surface area contributed by atoms with Gasteiger partial charge in [-0.3, -0.25) is 4.98 Å². The van der Waals surface area contributed by atoms with E-state index in [1.54, 1.807) is 7.11 Å². The van der Waals surface area contributed by atoms with Gasteiger partial charge in [0.25, 0.3) is 0 Å². The average molecular weight is 250 g/mol. The normalized spacial score (nSPS) is 21.1. The van der Waals surface area contributed by atoms with Crippen LogP contribution in [0.4, 0.5) is 5.69 Å². The highest BCUT2D eigenvalue weighted by molar-refractivity contribution is 5.45. The van der Waals surface area contributed by atoms with Gasteiger partial charge in [-0.2, -0.15) is 0 Å². The van der Waals surface area contributed by atoms with Crippen LogP contribution in [0.5, 0.6) is 0 Å². The van der Waals surface area contributed by atoms with Crippen molar-refractivity contribution in [3.8, 4) is 0 Å². The van der Waals surface area contributed by atoms with Crippen LogP contribution in [0.1, 0.15) is 19.5 Å². The molecule has 4 heteroatoms. The van der Waals surface area contributed by atoms with Gasteiger partial charge in [0.15, 0.2) is 0 Å². The minimum absolute atomic E-state index is 0.0811. The Kier molecular flexibility index (Phi) is 3.88. The molecule has 0 N–H and O–H groups in total. The standard InChI is InChI=1S/C14H22N2O2/c1-11-5-6-12(9-15-11)16-7-8-18-13(10-16)14(2,3)17-4/h5-6,9,13H,7-8,10H2,1-4H3. The lowest BCUT2D eigenvalue weighted by Gasteiger charge is -2.41. The van der Waals surface area contributed by atoms with Gasteiger partial charge in [-0.25, -0.2) is 0 Å². The molecule has 100 valence electrons. The molecule has 0 aliphatic carbocycles. The molecule has 18 heavy (non-hydrogen) atoms. The van der Waals surface area contributed by atoms with E-state index in [9.17, 15) is 0 Å². The zero-order valence-electron chi connectivity index (χ0n) is 11.6. The smallest absolute Gasteiger partial charge is 0.103 e. The molecular formula is C14H22N2O2. The minimum Gasteiger partial charge on any atom is -0.376 e. The second-order valence-corrected chi connectivity index (χ2v) is 5.27. The third-order valence-electron chi connectivity index (χ3n) is 3.63. The van der Waals surface area contributed by atoms with E-state index in [1.807, 2.05) is 19.2 Å². The van der Waals surface area contributed by atoms with Crippen LogP contribution in [0.15, 0.2) is 18.3 Å². The number of pyridine rings is 1. The number of morpholine rings is 1. The van der Waals surface area contributed by atoms with E-state index in [1.165, 1.54) is 0 Å². The zero-order chi connectivity index (χ0) is 13.2. The first-order valence-electron chi connectivity index (χ1n) is 6.37. The number of hydrogen-bond donors (Lipinski definition) is 0. The van der Waals surface area contributed by atoms with Crippen LogP contribution in [0.3, 0.4) is 0 Å². The second-order valence-electron chi connectivity index (χ2n) is 5.27. The van der Waals surface area contributed by atoms with Gasteiger partial charge >= 0.3 is 0 Å². The number of ether oxygens (including phenoxy) is 2. The van der Waals surface area contributed by atoms with E-state index in [4.69, 9.17) is 9.47 Å². The lowest BCUT2D eigenvalue weighted by molar-refractivity contribution is -0.113. The van der Waals surface area contributed by atoms with E-state index in [0.717, 1.165) is 31.1 Å². The van der Waals surface area contributed by atoms with Gasteiger partial charge < -0.3 is 14.4 Å². The molecule has 0 radical (unpaired) electrons. The van der Waals surface area contributed by atoms with Gasteiger partial charge in [0, 0.05) is 25.9 Å². The highest BCUT2D eigenvalue weighted by Gasteiger charge is 2.34. The largest absolute Gasteiger partial charge is 0.376 e. The van der Waals surface area contributed by atoms with Crippen molar-refractivity contribution in [3.05, 3.63) is 24.0 Å². The van der Waals surface area contributed by atoms with Gasteiger partial charge in [-0.05, 0) is 32.9 Å². The Bertz CT molecular complexity index is 389. The summed E-state index contributed by atoms with van der Waals surface area (Å²) in [6.45, 7) is 8.60. The van der Waals surface area contributed by atoms with Gasteiger partial charge in [0.1, 0.15) is 6.10 Å². The molecule has 0 saturated carbocycles. The highest BCUT2D eigenvalue weighted by atomic mass is 16.5. The fourth-order valence-corrected chi connectivity index (χ4v) is 2.08. The molecule has 1 aliphatic rings. The Balaban J connectivity index is 2.09. The molecule has 1 aromatic rings. The van der Waals surface area contributed by atoms with Gasteiger partial charge in [0.05, 0.1) is 24.1 Å². The van der Waals surface area contributed by atoms with Crippen molar-refractivity contribution < 1.29 is 9.47 Å². The van der Waals surface area contributed by atoms with Crippen LogP contribution >= 0.6 is 0 Å². The third-order valence-corrected chi connectivity index (χ3v) is 3.63. The van der Waals surface area contributed by atoms with E-state index in [-0.39, 0.29) is 11.7 Å². The van der Waals surface area contributed by atoms with Crippen molar-refractivity contribution in [3.63, 3.8) is 0 Å². The molecule has 1 saturated heterocycles. The monoisotopic (exact) mass is 250 g/mol. The van der Waals surface area contributed by atoms with Gasteiger partial charge in [-0.1, -0.05) is 0 Å². The predicted molar refractivity (Wildman–Crippen MR) is 72.0 cm³/mol. The van der Waals surface area contributed by atoms with Crippen LogP contribution < -0.4 is 4.90 Å². The SMILES string of the molecule is COC(C)(C)C1CN(c2ccc(C)nc2)CCO1. The summed E-state index contributed by atoms with van der Waals surface area (Å²) in [5.41, 5.74) is 1.93. The topological polar surface area (TPSA) is 34.6 Å². The fourth-order valence-electron chi connectivity index (χ4n) is 2.08. The van der Waals surface area contributed by atoms with Crippen molar-refractivity contribution in [2.24, 2.45) is 0 Å².